The molecule has 2 N–H and O–H groups in total. The van der Waals surface area contributed by atoms with Gasteiger partial charge in [-0.25, -0.2) is 4.39 Å². The zero-order chi connectivity index (χ0) is 15.1. The van der Waals surface area contributed by atoms with Crippen molar-refractivity contribution in [2.24, 2.45) is 0 Å². The maximum absolute atomic E-state index is 12.7. The number of benzene rings is 1. The van der Waals surface area contributed by atoms with Crippen LogP contribution in [0.15, 0.2) is 36.5 Å². The van der Waals surface area contributed by atoms with Crippen molar-refractivity contribution in [1.82, 2.24) is 15.1 Å². The number of carbonyl (C=O) groups is 1. The van der Waals surface area contributed by atoms with E-state index in [1.807, 2.05) is 0 Å². The van der Waals surface area contributed by atoms with Crippen molar-refractivity contribution >= 4 is 5.91 Å². The number of hydrogen-bond acceptors (Lipinski definition) is 4. The summed E-state index contributed by atoms with van der Waals surface area (Å²) in [7, 11) is 0. The molecule has 21 heavy (non-hydrogen) atoms. The minimum atomic E-state index is -0.322. The molecule has 112 valence electrons. The molecule has 0 aliphatic heterocycles. The molecule has 0 spiro atoms. The van der Waals surface area contributed by atoms with Gasteiger partial charge in [-0.2, -0.15) is 5.10 Å². The van der Waals surface area contributed by atoms with Crippen LogP contribution in [0, 0.1) is 5.82 Å². The molecule has 1 aromatic heterocycles. The van der Waals surface area contributed by atoms with Gasteiger partial charge in [-0.05, 0) is 30.3 Å². The molecule has 0 saturated heterocycles. The molecule has 0 saturated carbocycles. The Morgan fingerprint density at radius 1 is 1.33 bits per heavy atom. The van der Waals surface area contributed by atoms with E-state index in [4.69, 9.17) is 9.84 Å². The SMILES string of the molecule is O=C(NCCO)c1ccnn1CCOc1ccc(F)cc1. The van der Waals surface area contributed by atoms with Crippen LogP contribution in [0.4, 0.5) is 4.39 Å². The first-order valence-electron chi connectivity index (χ1n) is 6.50. The highest BCUT2D eigenvalue weighted by Crippen LogP contribution is 2.11. The lowest BCUT2D eigenvalue weighted by Gasteiger charge is -2.09. The van der Waals surface area contributed by atoms with Gasteiger partial charge in [0, 0.05) is 12.7 Å². The molecule has 1 aromatic carbocycles. The van der Waals surface area contributed by atoms with Crippen molar-refractivity contribution in [2.75, 3.05) is 19.8 Å². The Bertz CT molecular complexity index is 583. The Hall–Kier alpha value is -2.41. The molecule has 2 aromatic rings. The normalized spacial score (nSPS) is 10.4. The predicted octanol–water partition coefficient (Wildman–Crippen LogP) is 0.823. The molecule has 0 bridgehead atoms. The topological polar surface area (TPSA) is 76.4 Å². The van der Waals surface area contributed by atoms with E-state index in [0.717, 1.165) is 0 Å². The first-order chi connectivity index (χ1) is 10.2. The zero-order valence-corrected chi connectivity index (χ0v) is 11.3. The third kappa shape index (κ3) is 4.28. The maximum Gasteiger partial charge on any atom is 0.269 e. The van der Waals surface area contributed by atoms with Gasteiger partial charge in [0.1, 0.15) is 23.9 Å². The molecule has 0 unspecified atom stereocenters. The van der Waals surface area contributed by atoms with E-state index in [-0.39, 0.29) is 24.9 Å². The number of ether oxygens (including phenoxy) is 1. The average molecular weight is 293 g/mol. The number of nitrogens with zero attached hydrogens (tertiary/aromatic N) is 2. The molecular weight excluding hydrogens is 277 g/mol. The number of rotatable bonds is 7. The van der Waals surface area contributed by atoms with Crippen LogP contribution in [0.3, 0.4) is 0 Å². The number of amides is 1. The number of halogens is 1. The highest BCUT2D eigenvalue weighted by atomic mass is 19.1. The minimum absolute atomic E-state index is 0.118. The fourth-order valence-electron chi connectivity index (χ4n) is 1.74. The van der Waals surface area contributed by atoms with E-state index < -0.39 is 0 Å². The summed E-state index contributed by atoms with van der Waals surface area (Å²) >= 11 is 0. The van der Waals surface area contributed by atoms with Crippen LogP contribution in [0.1, 0.15) is 10.5 Å². The average Bonchev–Trinajstić information content (AvgIpc) is 2.95. The highest BCUT2D eigenvalue weighted by Gasteiger charge is 2.11. The Balaban J connectivity index is 1.87. The van der Waals surface area contributed by atoms with Gasteiger partial charge in [0.05, 0.1) is 13.2 Å². The van der Waals surface area contributed by atoms with Crippen molar-refractivity contribution in [3.05, 3.63) is 48.0 Å². The summed E-state index contributed by atoms with van der Waals surface area (Å²) in [5, 5.41) is 15.3. The Morgan fingerprint density at radius 2 is 2.10 bits per heavy atom. The van der Waals surface area contributed by atoms with Gasteiger partial charge >= 0.3 is 0 Å². The summed E-state index contributed by atoms with van der Waals surface area (Å²) in [5.41, 5.74) is 0.395. The van der Waals surface area contributed by atoms with Gasteiger partial charge in [-0.3, -0.25) is 9.48 Å². The third-order valence-electron chi connectivity index (χ3n) is 2.73. The van der Waals surface area contributed by atoms with Crippen LogP contribution in [0.2, 0.25) is 0 Å². The first-order valence-corrected chi connectivity index (χ1v) is 6.50. The summed E-state index contributed by atoms with van der Waals surface area (Å²) in [6, 6.07) is 7.29. The predicted molar refractivity (Wildman–Crippen MR) is 73.5 cm³/mol. The summed E-state index contributed by atoms with van der Waals surface area (Å²) in [6.45, 7) is 0.753. The van der Waals surface area contributed by atoms with Crippen LogP contribution >= 0.6 is 0 Å². The van der Waals surface area contributed by atoms with Crippen molar-refractivity contribution in [2.45, 2.75) is 6.54 Å². The molecule has 0 fully saturated rings. The molecular formula is C14H16FN3O3. The second-order valence-electron chi connectivity index (χ2n) is 4.22. The monoisotopic (exact) mass is 293 g/mol. The van der Waals surface area contributed by atoms with Crippen molar-refractivity contribution in [3.8, 4) is 5.75 Å². The first kappa shape index (κ1) is 15.0. The number of hydrogen-bond donors (Lipinski definition) is 2. The van der Waals surface area contributed by atoms with Crippen molar-refractivity contribution in [1.29, 1.82) is 0 Å². The number of aliphatic hydroxyl groups is 1. The molecule has 6 nitrogen and oxygen atoms in total. The smallest absolute Gasteiger partial charge is 0.269 e. The molecule has 1 amide bonds. The zero-order valence-electron chi connectivity index (χ0n) is 11.3. The van der Waals surface area contributed by atoms with Gasteiger partial charge in [-0.15, -0.1) is 0 Å². The molecule has 2 rings (SSSR count). The fraction of sp³-hybridized carbons (Fsp3) is 0.286. The van der Waals surface area contributed by atoms with E-state index in [0.29, 0.717) is 24.6 Å². The molecule has 0 aliphatic rings. The van der Waals surface area contributed by atoms with Crippen LogP contribution in [0.25, 0.3) is 0 Å². The fourth-order valence-corrected chi connectivity index (χ4v) is 1.74. The largest absolute Gasteiger partial charge is 0.492 e. The Morgan fingerprint density at radius 3 is 2.81 bits per heavy atom. The standard InChI is InChI=1S/C14H16FN3O3/c15-11-1-3-12(4-2-11)21-10-8-18-13(5-6-17-18)14(20)16-7-9-19/h1-6,19H,7-10H2,(H,16,20). The summed E-state index contributed by atoms with van der Waals surface area (Å²) in [6.07, 6.45) is 1.52. The van der Waals surface area contributed by atoms with E-state index in [2.05, 4.69) is 10.4 Å². The Labute approximate surface area is 121 Å². The summed E-state index contributed by atoms with van der Waals surface area (Å²) in [4.78, 5) is 11.8. The number of aliphatic hydroxyl groups excluding tert-OH is 1. The Kier molecular flexibility index (Phi) is 5.28. The molecule has 0 aliphatic carbocycles. The second kappa shape index (κ2) is 7.39. The van der Waals surface area contributed by atoms with Gasteiger partial charge in [0.15, 0.2) is 0 Å². The van der Waals surface area contributed by atoms with Crippen LogP contribution in [-0.2, 0) is 6.54 Å². The lowest BCUT2D eigenvalue weighted by molar-refractivity contribution is 0.0932. The van der Waals surface area contributed by atoms with E-state index in [1.165, 1.54) is 35.1 Å². The lowest BCUT2D eigenvalue weighted by atomic mass is 10.3. The van der Waals surface area contributed by atoms with E-state index >= 15 is 0 Å². The number of aromatic nitrogens is 2. The van der Waals surface area contributed by atoms with Crippen LogP contribution in [-0.4, -0.2) is 40.6 Å². The molecule has 0 atom stereocenters. The number of carbonyl (C=O) groups excluding carboxylic acids is 1. The van der Waals surface area contributed by atoms with Crippen LogP contribution < -0.4 is 10.1 Å². The van der Waals surface area contributed by atoms with Crippen molar-refractivity contribution in [3.63, 3.8) is 0 Å². The summed E-state index contributed by atoms with van der Waals surface area (Å²) in [5.74, 6) is -0.0737. The highest BCUT2D eigenvalue weighted by molar-refractivity contribution is 5.92. The van der Waals surface area contributed by atoms with Gasteiger partial charge in [-0.1, -0.05) is 0 Å². The van der Waals surface area contributed by atoms with E-state index in [9.17, 15) is 9.18 Å². The van der Waals surface area contributed by atoms with Gasteiger partial charge < -0.3 is 15.2 Å². The number of nitrogens with one attached hydrogen (secondary N) is 1. The van der Waals surface area contributed by atoms with Crippen LogP contribution in [0.5, 0.6) is 5.75 Å². The van der Waals surface area contributed by atoms with Gasteiger partial charge in [0.2, 0.25) is 0 Å². The van der Waals surface area contributed by atoms with Crippen molar-refractivity contribution < 1.29 is 19.0 Å². The lowest BCUT2D eigenvalue weighted by Crippen LogP contribution is -2.29. The molecule has 0 radical (unpaired) electrons. The maximum atomic E-state index is 12.7. The quantitative estimate of drug-likeness (QED) is 0.792. The molecule has 7 heteroatoms. The van der Waals surface area contributed by atoms with Gasteiger partial charge in [0.25, 0.3) is 5.91 Å². The molecule has 1 heterocycles. The second-order valence-corrected chi connectivity index (χ2v) is 4.22. The third-order valence-corrected chi connectivity index (χ3v) is 2.73. The van der Waals surface area contributed by atoms with E-state index in [1.54, 1.807) is 6.07 Å². The minimum Gasteiger partial charge on any atom is -0.492 e. The summed E-state index contributed by atoms with van der Waals surface area (Å²) < 4.78 is 19.7.